The fourth-order valence-electron chi connectivity index (χ4n) is 3.63. The van der Waals surface area contributed by atoms with Crippen molar-refractivity contribution < 1.29 is 35.8 Å². The van der Waals surface area contributed by atoms with Gasteiger partial charge in [0.15, 0.2) is 5.13 Å². The van der Waals surface area contributed by atoms with Crippen LogP contribution in [0.15, 0.2) is 52.7 Å². The number of methoxy groups -OCH3 is 2. The molecule has 0 bridgehead atoms. The normalized spacial score (nSPS) is 15.2. The van der Waals surface area contributed by atoms with Gasteiger partial charge in [-0.15, -0.1) is 24.5 Å². The number of thiazole rings is 1. The van der Waals surface area contributed by atoms with Gasteiger partial charge < -0.3 is 19.1 Å². The second-order valence-corrected chi connectivity index (χ2v) is 10.3. The van der Waals surface area contributed by atoms with Gasteiger partial charge in [0.1, 0.15) is 17.2 Å². The van der Waals surface area contributed by atoms with Crippen molar-refractivity contribution in [1.82, 2.24) is 9.29 Å². The number of nitrogens with zero attached hydrogens (tertiary/aromatic N) is 3. The third kappa shape index (κ3) is 5.63. The number of aromatic nitrogens is 1. The minimum atomic E-state index is -4.84. The van der Waals surface area contributed by atoms with Gasteiger partial charge in [0.2, 0.25) is 10.0 Å². The third-order valence-electron chi connectivity index (χ3n) is 5.38. The number of anilines is 1. The molecular weight excluding hydrogens is 507 g/mol. The Hall–Kier alpha value is -3.03. The standard InChI is InChI=1S/C22H22F3N3O5S2/c1-31-16-5-8-18(20(13-16)32-2)19-14-34-21(26-19)27-9-11-28(12-10-27)35(29,30)17-6-3-15(4-7-17)33-22(23,24)25/h3-8,13-14H,9-12H2,1-2H3. The van der Waals surface area contributed by atoms with Crippen LogP contribution in [0.5, 0.6) is 17.2 Å². The van der Waals surface area contributed by atoms with Gasteiger partial charge in [0.05, 0.1) is 24.8 Å². The Morgan fingerprint density at radius 3 is 2.20 bits per heavy atom. The lowest BCUT2D eigenvalue weighted by molar-refractivity contribution is -0.274. The quantitative estimate of drug-likeness (QED) is 0.453. The van der Waals surface area contributed by atoms with Crippen LogP contribution < -0.4 is 19.1 Å². The topological polar surface area (TPSA) is 81.2 Å². The van der Waals surface area contributed by atoms with E-state index in [4.69, 9.17) is 14.5 Å². The van der Waals surface area contributed by atoms with E-state index in [0.717, 1.165) is 40.7 Å². The van der Waals surface area contributed by atoms with Gasteiger partial charge in [-0.25, -0.2) is 13.4 Å². The number of rotatable bonds is 7. The van der Waals surface area contributed by atoms with Gasteiger partial charge >= 0.3 is 6.36 Å². The van der Waals surface area contributed by atoms with E-state index in [0.29, 0.717) is 24.6 Å². The Morgan fingerprint density at radius 1 is 0.943 bits per heavy atom. The van der Waals surface area contributed by atoms with Gasteiger partial charge in [0.25, 0.3) is 0 Å². The first-order valence-corrected chi connectivity index (χ1v) is 12.7. The van der Waals surface area contributed by atoms with Crippen LogP contribution in [0.4, 0.5) is 18.3 Å². The van der Waals surface area contributed by atoms with Gasteiger partial charge in [-0.05, 0) is 36.4 Å². The monoisotopic (exact) mass is 529 g/mol. The molecule has 0 unspecified atom stereocenters. The zero-order valence-electron chi connectivity index (χ0n) is 18.8. The second-order valence-electron chi connectivity index (χ2n) is 7.49. The zero-order valence-corrected chi connectivity index (χ0v) is 20.4. The minimum Gasteiger partial charge on any atom is -0.497 e. The molecule has 0 spiro atoms. The molecule has 0 saturated carbocycles. The SMILES string of the molecule is COc1ccc(-c2csc(N3CCN(S(=O)(=O)c4ccc(OC(F)(F)F)cc4)CC3)n2)c(OC)c1. The predicted molar refractivity (Wildman–Crippen MR) is 125 cm³/mol. The highest BCUT2D eigenvalue weighted by Gasteiger charge is 2.32. The van der Waals surface area contributed by atoms with Crippen molar-refractivity contribution in [3.8, 4) is 28.5 Å². The van der Waals surface area contributed by atoms with Crippen molar-refractivity contribution in [3.05, 3.63) is 47.8 Å². The van der Waals surface area contributed by atoms with Gasteiger partial charge in [-0.2, -0.15) is 4.31 Å². The van der Waals surface area contributed by atoms with Crippen LogP contribution in [-0.2, 0) is 10.0 Å². The summed E-state index contributed by atoms with van der Waals surface area (Å²) in [6.07, 6.45) is -4.84. The Morgan fingerprint density at radius 2 is 1.60 bits per heavy atom. The number of sulfonamides is 1. The molecule has 1 fully saturated rings. The molecule has 4 rings (SSSR count). The van der Waals surface area contributed by atoms with Crippen molar-refractivity contribution in [2.45, 2.75) is 11.3 Å². The summed E-state index contributed by atoms with van der Waals surface area (Å²) in [5, 5.41) is 2.66. The summed E-state index contributed by atoms with van der Waals surface area (Å²) < 4.78 is 78.7. The number of halogens is 3. The minimum absolute atomic E-state index is 0.0939. The van der Waals surface area contributed by atoms with Crippen LogP contribution in [0.25, 0.3) is 11.3 Å². The molecule has 0 atom stereocenters. The van der Waals surface area contributed by atoms with Gasteiger partial charge in [0, 0.05) is 43.2 Å². The molecule has 1 aromatic heterocycles. The van der Waals surface area contributed by atoms with Crippen molar-refractivity contribution in [3.63, 3.8) is 0 Å². The number of hydrogen-bond donors (Lipinski definition) is 0. The molecule has 0 amide bonds. The molecule has 2 heterocycles. The average Bonchev–Trinajstić information content (AvgIpc) is 3.33. The smallest absolute Gasteiger partial charge is 0.497 e. The van der Waals surface area contributed by atoms with Crippen LogP contribution in [-0.4, -0.2) is 64.5 Å². The highest BCUT2D eigenvalue weighted by atomic mass is 32.2. The summed E-state index contributed by atoms with van der Waals surface area (Å²) in [5.74, 6) is 0.819. The lowest BCUT2D eigenvalue weighted by Crippen LogP contribution is -2.48. The van der Waals surface area contributed by atoms with E-state index in [1.165, 1.54) is 15.6 Å². The highest BCUT2D eigenvalue weighted by molar-refractivity contribution is 7.89. The molecule has 35 heavy (non-hydrogen) atoms. The first-order valence-electron chi connectivity index (χ1n) is 10.4. The lowest BCUT2D eigenvalue weighted by atomic mass is 10.1. The largest absolute Gasteiger partial charge is 0.573 e. The summed E-state index contributed by atoms with van der Waals surface area (Å²) in [7, 11) is -0.710. The molecule has 0 N–H and O–H groups in total. The lowest BCUT2D eigenvalue weighted by Gasteiger charge is -2.33. The maximum absolute atomic E-state index is 12.9. The molecule has 2 aromatic carbocycles. The van der Waals surface area contributed by atoms with Gasteiger partial charge in [-0.1, -0.05) is 0 Å². The van der Waals surface area contributed by atoms with E-state index in [1.807, 2.05) is 22.4 Å². The Bertz CT molecular complexity index is 1270. The van der Waals surface area contributed by atoms with Crippen LogP contribution in [0.3, 0.4) is 0 Å². The van der Waals surface area contributed by atoms with E-state index in [1.54, 1.807) is 20.3 Å². The van der Waals surface area contributed by atoms with Crippen molar-refractivity contribution in [2.75, 3.05) is 45.3 Å². The fourth-order valence-corrected chi connectivity index (χ4v) is 5.93. The number of alkyl halides is 3. The van der Waals surface area contributed by atoms with E-state index in [2.05, 4.69) is 4.74 Å². The van der Waals surface area contributed by atoms with Crippen LogP contribution in [0.1, 0.15) is 0 Å². The number of hydrogen-bond acceptors (Lipinski definition) is 8. The maximum atomic E-state index is 12.9. The molecule has 0 radical (unpaired) electrons. The Labute approximate surface area is 204 Å². The first kappa shape index (κ1) is 25.1. The molecule has 3 aromatic rings. The van der Waals surface area contributed by atoms with E-state index >= 15 is 0 Å². The number of ether oxygens (including phenoxy) is 3. The molecule has 1 saturated heterocycles. The summed E-state index contributed by atoms with van der Waals surface area (Å²) in [4.78, 5) is 6.61. The molecule has 8 nitrogen and oxygen atoms in total. The molecule has 1 aliphatic heterocycles. The second kappa shape index (κ2) is 9.91. The molecule has 13 heteroatoms. The zero-order chi connectivity index (χ0) is 25.2. The summed E-state index contributed by atoms with van der Waals surface area (Å²) in [6.45, 7) is 1.26. The molecule has 1 aliphatic rings. The summed E-state index contributed by atoms with van der Waals surface area (Å²) >= 11 is 1.45. The van der Waals surface area contributed by atoms with E-state index in [-0.39, 0.29) is 18.0 Å². The fraction of sp³-hybridized carbons (Fsp3) is 0.318. The summed E-state index contributed by atoms with van der Waals surface area (Å²) in [5.41, 5.74) is 1.55. The third-order valence-corrected chi connectivity index (χ3v) is 8.20. The molecule has 0 aliphatic carbocycles. The Balaban J connectivity index is 1.42. The Kier molecular flexibility index (Phi) is 7.10. The number of benzene rings is 2. The van der Waals surface area contributed by atoms with Crippen molar-refractivity contribution in [1.29, 1.82) is 0 Å². The van der Waals surface area contributed by atoms with Crippen LogP contribution in [0.2, 0.25) is 0 Å². The van der Waals surface area contributed by atoms with E-state index < -0.39 is 22.1 Å². The van der Waals surface area contributed by atoms with Crippen molar-refractivity contribution >= 4 is 26.5 Å². The van der Waals surface area contributed by atoms with Crippen molar-refractivity contribution in [2.24, 2.45) is 0 Å². The maximum Gasteiger partial charge on any atom is 0.573 e. The van der Waals surface area contributed by atoms with Crippen LogP contribution >= 0.6 is 11.3 Å². The molecular formula is C22H22F3N3O5S2. The van der Waals surface area contributed by atoms with Gasteiger partial charge in [-0.3, -0.25) is 0 Å². The number of piperazine rings is 1. The first-order chi connectivity index (χ1) is 16.6. The average molecular weight is 530 g/mol. The predicted octanol–water partition coefficient (Wildman–Crippen LogP) is 4.24. The van der Waals surface area contributed by atoms with E-state index in [9.17, 15) is 21.6 Å². The summed E-state index contributed by atoms with van der Waals surface area (Å²) in [6, 6.07) is 9.66. The highest BCUT2D eigenvalue weighted by Crippen LogP contribution is 2.36. The van der Waals surface area contributed by atoms with Crippen LogP contribution in [0, 0.1) is 0 Å². The molecule has 188 valence electrons.